The minimum absolute atomic E-state index is 0.0721. The monoisotopic (exact) mass is 222 g/mol. The maximum Gasteiger partial charge on any atom is 0.246 e. The van der Waals surface area contributed by atoms with Crippen molar-refractivity contribution < 1.29 is 9.53 Å². The molecule has 0 aliphatic carbocycles. The summed E-state index contributed by atoms with van der Waals surface area (Å²) < 4.78 is 5.18. The zero-order chi connectivity index (χ0) is 12.0. The third-order valence-electron chi connectivity index (χ3n) is 1.96. The number of nitrogens with zero attached hydrogens (tertiary/aromatic N) is 1. The van der Waals surface area contributed by atoms with Gasteiger partial charge in [-0.15, -0.1) is 0 Å². The lowest BCUT2D eigenvalue weighted by atomic mass is 10.3. The highest BCUT2D eigenvalue weighted by Crippen LogP contribution is 1.97. The van der Waals surface area contributed by atoms with E-state index in [9.17, 15) is 4.79 Å². The second-order valence-corrected chi connectivity index (χ2v) is 3.91. The number of ether oxygens (including phenoxy) is 1. The Balaban J connectivity index is 2.31. The van der Waals surface area contributed by atoms with Crippen molar-refractivity contribution in [1.29, 1.82) is 0 Å². The fourth-order valence-corrected chi connectivity index (χ4v) is 1.18. The van der Waals surface area contributed by atoms with Crippen molar-refractivity contribution >= 4 is 5.91 Å². The zero-order valence-electron chi connectivity index (χ0n) is 9.99. The molecular weight excluding hydrogens is 204 g/mol. The lowest BCUT2D eigenvalue weighted by molar-refractivity contribution is -0.127. The molecule has 1 heterocycles. The van der Waals surface area contributed by atoms with E-state index in [1.807, 2.05) is 39.0 Å². The van der Waals surface area contributed by atoms with Crippen molar-refractivity contribution in [3.63, 3.8) is 0 Å². The number of hydrogen-bond donors (Lipinski definition) is 1. The number of nitrogens with one attached hydrogen (secondary N) is 1. The van der Waals surface area contributed by atoms with Gasteiger partial charge in [0.05, 0.1) is 18.3 Å². The van der Waals surface area contributed by atoms with Crippen molar-refractivity contribution in [2.24, 2.45) is 0 Å². The van der Waals surface area contributed by atoms with E-state index in [2.05, 4.69) is 10.3 Å². The van der Waals surface area contributed by atoms with Crippen LogP contribution in [0.3, 0.4) is 0 Å². The Morgan fingerprint density at radius 3 is 2.88 bits per heavy atom. The minimum atomic E-state index is -0.114. The van der Waals surface area contributed by atoms with Gasteiger partial charge in [-0.2, -0.15) is 0 Å². The number of rotatable bonds is 5. The highest BCUT2D eigenvalue weighted by molar-refractivity contribution is 5.77. The Labute approximate surface area is 96.0 Å². The summed E-state index contributed by atoms with van der Waals surface area (Å²) in [5, 5.41) is 2.76. The Kier molecular flexibility index (Phi) is 4.92. The molecule has 0 saturated heterocycles. The number of carbonyl (C=O) groups excluding carboxylic acids is 1. The SMILES string of the molecule is Cc1cccc(CNC(=O)COC(C)C)n1. The van der Waals surface area contributed by atoms with E-state index >= 15 is 0 Å². The first-order chi connectivity index (χ1) is 7.58. The Hall–Kier alpha value is -1.42. The first-order valence-corrected chi connectivity index (χ1v) is 5.39. The molecule has 0 bridgehead atoms. The summed E-state index contributed by atoms with van der Waals surface area (Å²) in [5.41, 5.74) is 1.81. The number of aryl methyl sites for hydroxylation is 1. The molecule has 0 aliphatic heterocycles. The predicted molar refractivity (Wildman–Crippen MR) is 61.9 cm³/mol. The largest absolute Gasteiger partial charge is 0.369 e. The van der Waals surface area contributed by atoms with Crippen molar-refractivity contribution in [2.75, 3.05) is 6.61 Å². The second kappa shape index (κ2) is 6.23. The predicted octanol–water partition coefficient (Wildman–Crippen LogP) is 1.43. The van der Waals surface area contributed by atoms with Crippen molar-refractivity contribution in [1.82, 2.24) is 10.3 Å². The number of carbonyl (C=O) groups is 1. The molecule has 0 saturated carbocycles. The molecule has 4 nitrogen and oxygen atoms in total. The van der Waals surface area contributed by atoms with Crippen LogP contribution in [0, 0.1) is 6.92 Å². The quantitative estimate of drug-likeness (QED) is 0.820. The van der Waals surface area contributed by atoms with Gasteiger partial charge in [-0.25, -0.2) is 0 Å². The van der Waals surface area contributed by atoms with E-state index < -0.39 is 0 Å². The van der Waals surface area contributed by atoms with Gasteiger partial charge in [-0.05, 0) is 32.9 Å². The van der Waals surface area contributed by atoms with E-state index in [0.29, 0.717) is 6.54 Å². The highest BCUT2D eigenvalue weighted by Gasteiger charge is 2.03. The van der Waals surface area contributed by atoms with Crippen molar-refractivity contribution in [3.8, 4) is 0 Å². The summed E-state index contributed by atoms with van der Waals surface area (Å²) in [5.74, 6) is -0.114. The van der Waals surface area contributed by atoms with Gasteiger partial charge in [0.15, 0.2) is 0 Å². The molecule has 0 aliphatic rings. The van der Waals surface area contributed by atoms with Gasteiger partial charge >= 0.3 is 0 Å². The molecule has 1 N–H and O–H groups in total. The third kappa shape index (κ3) is 4.89. The average molecular weight is 222 g/mol. The van der Waals surface area contributed by atoms with E-state index in [1.165, 1.54) is 0 Å². The molecule has 0 fully saturated rings. The summed E-state index contributed by atoms with van der Waals surface area (Å²) in [7, 11) is 0. The maximum atomic E-state index is 11.3. The van der Waals surface area contributed by atoms with Crippen LogP contribution in [0.2, 0.25) is 0 Å². The summed E-state index contributed by atoms with van der Waals surface area (Å²) in [6.45, 7) is 6.27. The molecule has 16 heavy (non-hydrogen) atoms. The van der Waals surface area contributed by atoms with E-state index in [4.69, 9.17) is 4.74 Å². The molecule has 1 rings (SSSR count). The molecule has 0 unspecified atom stereocenters. The van der Waals surface area contributed by atoms with Gasteiger partial charge in [0.25, 0.3) is 0 Å². The second-order valence-electron chi connectivity index (χ2n) is 3.91. The molecule has 0 spiro atoms. The molecule has 1 aromatic rings. The number of pyridine rings is 1. The Morgan fingerprint density at radius 2 is 2.25 bits per heavy atom. The zero-order valence-corrected chi connectivity index (χ0v) is 9.99. The third-order valence-corrected chi connectivity index (χ3v) is 1.96. The molecule has 0 radical (unpaired) electrons. The number of aromatic nitrogens is 1. The normalized spacial score (nSPS) is 10.5. The molecule has 1 amide bonds. The minimum Gasteiger partial charge on any atom is -0.369 e. The highest BCUT2D eigenvalue weighted by atomic mass is 16.5. The van der Waals surface area contributed by atoms with E-state index in [-0.39, 0.29) is 18.6 Å². The van der Waals surface area contributed by atoms with Crippen LogP contribution >= 0.6 is 0 Å². The van der Waals surface area contributed by atoms with Crippen LogP contribution in [0.4, 0.5) is 0 Å². The maximum absolute atomic E-state index is 11.3. The van der Waals surface area contributed by atoms with E-state index in [1.54, 1.807) is 0 Å². The first kappa shape index (κ1) is 12.6. The number of amides is 1. The topological polar surface area (TPSA) is 51.2 Å². The Morgan fingerprint density at radius 1 is 1.50 bits per heavy atom. The fourth-order valence-electron chi connectivity index (χ4n) is 1.18. The van der Waals surface area contributed by atoms with Gasteiger partial charge in [-0.3, -0.25) is 9.78 Å². The van der Waals surface area contributed by atoms with Crippen LogP contribution in [0.1, 0.15) is 25.2 Å². The summed E-state index contributed by atoms with van der Waals surface area (Å²) in [6, 6.07) is 5.73. The molecular formula is C12H18N2O2. The van der Waals surface area contributed by atoms with Crippen LogP contribution in [-0.2, 0) is 16.1 Å². The molecule has 0 aromatic carbocycles. The van der Waals surface area contributed by atoms with Crippen LogP contribution in [0.15, 0.2) is 18.2 Å². The molecule has 0 atom stereocenters. The van der Waals surface area contributed by atoms with Gasteiger partial charge < -0.3 is 10.1 Å². The van der Waals surface area contributed by atoms with Gasteiger partial charge in [0.1, 0.15) is 6.61 Å². The molecule has 88 valence electrons. The summed E-state index contributed by atoms with van der Waals surface area (Å²) in [6.07, 6.45) is 0.0721. The smallest absolute Gasteiger partial charge is 0.246 e. The van der Waals surface area contributed by atoms with Gasteiger partial charge in [-0.1, -0.05) is 6.07 Å². The van der Waals surface area contributed by atoms with Crippen LogP contribution in [0.5, 0.6) is 0 Å². The standard InChI is InChI=1S/C12H18N2O2/c1-9(2)16-8-12(15)13-7-11-6-4-5-10(3)14-11/h4-6,9H,7-8H2,1-3H3,(H,13,15). The lowest BCUT2D eigenvalue weighted by Crippen LogP contribution is -2.28. The lowest BCUT2D eigenvalue weighted by Gasteiger charge is -2.08. The first-order valence-electron chi connectivity index (χ1n) is 5.39. The van der Waals surface area contributed by atoms with Gasteiger partial charge in [0.2, 0.25) is 5.91 Å². The van der Waals surface area contributed by atoms with Crippen LogP contribution in [-0.4, -0.2) is 23.6 Å². The summed E-state index contributed by atoms with van der Waals surface area (Å²) >= 11 is 0. The van der Waals surface area contributed by atoms with E-state index in [0.717, 1.165) is 11.4 Å². The van der Waals surface area contributed by atoms with Crippen molar-refractivity contribution in [3.05, 3.63) is 29.6 Å². The average Bonchev–Trinajstić information content (AvgIpc) is 2.23. The molecule has 4 heteroatoms. The van der Waals surface area contributed by atoms with Gasteiger partial charge in [0, 0.05) is 5.69 Å². The Bertz CT molecular complexity index is 351. The van der Waals surface area contributed by atoms with Crippen molar-refractivity contribution in [2.45, 2.75) is 33.4 Å². The van der Waals surface area contributed by atoms with Crippen LogP contribution in [0.25, 0.3) is 0 Å². The fraction of sp³-hybridized carbons (Fsp3) is 0.500. The molecule has 1 aromatic heterocycles. The van der Waals surface area contributed by atoms with Crippen LogP contribution < -0.4 is 5.32 Å². The summed E-state index contributed by atoms with van der Waals surface area (Å²) in [4.78, 5) is 15.6. The number of hydrogen-bond acceptors (Lipinski definition) is 3.